The molecular formula is C24H36N4O2. The molecule has 1 fully saturated rings. The molecule has 1 N–H and O–H groups in total. The van der Waals surface area contributed by atoms with E-state index in [1.165, 1.54) is 5.69 Å². The summed E-state index contributed by atoms with van der Waals surface area (Å²) in [4.78, 5) is 19.9. The molecule has 1 aromatic heterocycles. The summed E-state index contributed by atoms with van der Waals surface area (Å²) in [6, 6.07) is 12.5. The Morgan fingerprint density at radius 1 is 1.07 bits per heavy atom. The van der Waals surface area contributed by atoms with Gasteiger partial charge < -0.3 is 14.6 Å². The number of hydrogen-bond acceptors (Lipinski definition) is 5. The van der Waals surface area contributed by atoms with E-state index in [1.807, 2.05) is 24.3 Å². The van der Waals surface area contributed by atoms with Crippen LogP contribution in [0.1, 0.15) is 49.9 Å². The zero-order chi connectivity index (χ0) is 21.5. The molecule has 0 spiro atoms. The first-order chi connectivity index (χ1) is 14.5. The van der Waals surface area contributed by atoms with Crippen LogP contribution in [0.5, 0.6) is 0 Å². The summed E-state index contributed by atoms with van der Waals surface area (Å²) in [5, 5.41) is 3.09. The van der Waals surface area contributed by atoms with E-state index >= 15 is 0 Å². The third-order valence-corrected chi connectivity index (χ3v) is 6.12. The SMILES string of the molecule is CCN(CC)C(CNC(=O)c1ccc(N2CCN(C(C)C)CC2)cc1)c1ccco1. The van der Waals surface area contributed by atoms with Gasteiger partial charge in [0, 0.05) is 50.0 Å². The van der Waals surface area contributed by atoms with Gasteiger partial charge in [0.25, 0.3) is 5.91 Å². The largest absolute Gasteiger partial charge is 0.468 e. The Labute approximate surface area is 180 Å². The number of likely N-dealkylation sites (N-methyl/N-ethyl adjacent to an activating group) is 1. The molecule has 0 radical (unpaired) electrons. The predicted octanol–water partition coefficient (Wildman–Crippen LogP) is 3.62. The van der Waals surface area contributed by atoms with Gasteiger partial charge in [-0.25, -0.2) is 0 Å². The van der Waals surface area contributed by atoms with Crippen LogP contribution in [0.2, 0.25) is 0 Å². The van der Waals surface area contributed by atoms with Gasteiger partial charge in [-0.2, -0.15) is 0 Å². The first-order valence-corrected chi connectivity index (χ1v) is 11.2. The molecule has 1 amide bonds. The Bertz CT molecular complexity index is 761. The van der Waals surface area contributed by atoms with Crippen LogP contribution >= 0.6 is 0 Å². The monoisotopic (exact) mass is 412 g/mol. The minimum absolute atomic E-state index is 0.0375. The number of rotatable bonds is 9. The van der Waals surface area contributed by atoms with Crippen LogP contribution < -0.4 is 10.2 Å². The van der Waals surface area contributed by atoms with Gasteiger partial charge in [0.2, 0.25) is 0 Å². The van der Waals surface area contributed by atoms with Crippen LogP contribution in [0.25, 0.3) is 0 Å². The molecule has 30 heavy (non-hydrogen) atoms. The second-order valence-electron chi connectivity index (χ2n) is 8.13. The van der Waals surface area contributed by atoms with Crippen LogP contribution in [0.3, 0.4) is 0 Å². The van der Waals surface area contributed by atoms with Crippen LogP contribution in [0.4, 0.5) is 5.69 Å². The zero-order valence-corrected chi connectivity index (χ0v) is 18.8. The van der Waals surface area contributed by atoms with Gasteiger partial charge in [0.1, 0.15) is 5.76 Å². The zero-order valence-electron chi connectivity index (χ0n) is 18.8. The molecule has 0 saturated carbocycles. The van der Waals surface area contributed by atoms with Gasteiger partial charge in [-0.05, 0) is 63.3 Å². The van der Waals surface area contributed by atoms with Crippen LogP contribution in [-0.2, 0) is 0 Å². The Morgan fingerprint density at radius 2 is 1.73 bits per heavy atom. The van der Waals surface area contributed by atoms with Gasteiger partial charge in [0.15, 0.2) is 0 Å². The third kappa shape index (κ3) is 5.43. The maximum atomic E-state index is 12.7. The standard InChI is InChI=1S/C24H36N4O2/c1-5-26(6-2)22(23-8-7-17-30-23)18-25-24(29)20-9-11-21(12-10-20)28-15-13-27(14-16-28)19(3)4/h7-12,17,19,22H,5-6,13-16,18H2,1-4H3,(H,25,29). The fourth-order valence-electron chi connectivity index (χ4n) is 4.17. The Morgan fingerprint density at radius 3 is 2.27 bits per heavy atom. The molecule has 1 aromatic carbocycles. The highest BCUT2D eigenvalue weighted by molar-refractivity contribution is 5.94. The minimum atomic E-state index is -0.0464. The van der Waals surface area contributed by atoms with E-state index in [0.29, 0.717) is 18.2 Å². The number of nitrogens with one attached hydrogen (secondary N) is 1. The van der Waals surface area contributed by atoms with Crippen molar-refractivity contribution in [3.8, 4) is 0 Å². The summed E-state index contributed by atoms with van der Waals surface area (Å²) in [6.45, 7) is 15.3. The summed E-state index contributed by atoms with van der Waals surface area (Å²) in [6.07, 6.45) is 1.69. The van der Waals surface area contributed by atoms with Gasteiger partial charge >= 0.3 is 0 Å². The molecule has 2 heterocycles. The maximum Gasteiger partial charge on any atom is 0.251 e. The molecule has 1 aliphatic rings. The van der Waals surface area contributed by atoms with Gasteiger partial charge in [-0.15, -0.1) is 0 Å². The molecule has 1 aliphatic heterocycles. The molecule has 6 heteroatoms. The molecule has 3 rings (SSSR count). The van der Waals surface area contributed by atoms with Crippen molar-refractivity contribution in [3.63, 3.8) is 0 Å². The highest BCUT2D eigenvalue weighted by atomic mass is 16.3. The van der Waals surface area contributed by atoms with Crippen molar-refractivity contribution in [3.05, 3.63) is 54.0 Å². The van der Waals surface area contributed by atoms with Crippen molar-refractivity contribution in [2.75, 3.05) is 50.7 Å². The Hall–Kier alpha value is -2.31. The predicted molar refractivity (Wildman–Crippen MR) is 122 cm³/mol. The van der Waals surface area contributed by atoms with E-state index in [-0.39, 0.29) is 11.9 Å². The van der Waals surface area contributed by atoms with Crippen molar-refractivity contribution < 1.29 is 9.21 Å². The number of anilines is 1. The van der Waals surface area contributed by atoms with E-state index in [9.17, 15) is 4.79 Å². The third-order valence-electron chi connectivity index (χ3n) is 6.12. The number of furan rings is 1. The van der Waals surface area contributed by atoms with Crippen molar-refractivity contribution in [2.24, 2.45) is 0 Å². The Kier molecular flexibility index (Phi) is 7.94. The quantitative estimate of drug-likeness (QED) is 0.682. The van der Waals surface area contributed by atoms with E-state index in [1.54, 1.807) is 6.26 Å². The van der Waals surface area contributed by atoms with E-state index in [0.717, 1.165) is 45.0 Å². The lowest BCUT2D eigenvalue weighted by Crippen LogP contribution is -2.48. The molecule has 1 saturated heterocycles. The smallest absolute Gasteiger partial charge is 0.251 e. The van der Waals surface area contributed by atoms with E-state index in [2.05, 4.69) is 59.8 Å². The molecule has 2 aromatic rings. The van der Waals surface area contributed by atoms with Crippen LogP contribution in [0, 0.1) is 0 Å². The summed E-state index contributed by atoms with van der Waals surface area (Å²) >= 11 is 0. The number of hydrogen-bond donors (Lipinski definition) is 1. The Balaban J connectivity index is 1.58. The number of amides is 1. The molecule has 1 atom stereocenters. The van der Waals surface area contributed by atoms with Crippen molar-refractivity contribution in [1.29, 1.82) is 0 Å². The molecule has 0 aliphatic carbocycles. The fraction of sp³-hybridized carbons (Fsp3) is 0.542. The second kappa shape index (κ2) is 10.6. The summed E-state index contributed by atoms with van der Waals surface area (Å²) in [5.41, 5.74) is 1.88. The number of nitrogens with zero attached hydrogens (tertiary/aromatic N) is 3. The first kappa shape index (κ1) is 22.4. The van der Waals surface area contributed by atoms with Crippen LogP contribution in [0.15, 0.2) is 47.1 Å². The number of benzene rings is 1. The first-order valence-electron chi connectivity index (χ1n) is 11.2. The van der Waals surface area contributed by atoms with Gasteiger partial charge in [0.05, 0.1) is 12.3 Å². The number of carbonyl (C=O) groups is 1. The summed E-state index contributed by atoms with van der Waals surface area (Å²) in [5.74, 6) is 0.838. The average molecular weight is 413 g/mol. The molecule has 1 unspecified atom stereocenters. The molecular weight excluding hydrogens is 376 g/mol. The molecule has 164 valence electrons. The van der Waals surface area contributed by atoms with Crippen molar-refractivity contribution in [2.45, 2.75) is 39.8 Å². The normalized spacial score (nSPS) is 16.3. The highest BCUT2D eigenvalue weighted by Gasteiger charge is 2.22. The minimum Gasteiger partial charge on any atom is -0.468 e. The summed E-state index contributed by atoms with van der Waals surface area (Å²) < 4.78 is 5.62. The number of piperazine rings is 1. The second-order valence-corrected chi connectivity index (χ2v) is 8.13. The lowest BCUT2D eigenvalue weighted by molar-refractivity contribution is 0.0929. The fourth-order valence-corrected chi connectivity index (χ4v) is 4.17. The lowest BCUT2D eigenvalue weighted by atomic mass is 10.1. The summed E-state index contributed by atoms with van der Waals surface area (Å²) in [7, 11) is 0. The number of carbonyl (C=O) groups excluding carboxylic acids is 1. The highest BCUT2D eigenvalue weighted by Crippen LogP contribution is 2.21. The van der Waals surface area contributed by atoms with Crippen molar-refractivity contribution in [1.82, 2.24) is 15.1 Å². The average Bonchev–Trinajstić information content (AvgIpc) is 3.31. The van der Waals surface area contributed by atoms with E-state index < -0.39 is 0 Å². The van der Waals surface area contributed by atoms with Gasteiger partial charge in [-0.3, -0.25) is 14.6 Å². The maximum absolute atomic E-state index is 12.7. The van der Waals surface area contributed by atoms with Crippen LogP contribution in [-0.4, -0.2) is 67.6 Å². The van der Waals surface area contributed by atoms with Gasteiger partial charge in [-0.1, -0.05) is 13.8 Å². The van der Waals surface area contributed by atoms with Crippen molar-refractivity contribution >= 4 is 11.6 Å². The topological polar surface area (TPSA) is 52.0 Å². The molecule has 6 nitrogen and oxygen atoms in total. The van der Waals surface area contributed by atoms with E-state index in [4.69, 9.17) is 4.42 Å². The lowest BCUT2D eigenvalue weighted by Gasteiger charge is -2.38. The molecule has 0 bridgehead atoms.